The minimum Gasteiger partial charge on any atom is -0.392 e. The number of aliphatic hydroxyl groups is 1. The van der Waals surface area contributed by atoms with Crippen molar-refractivity contribution in [1.82, 2.24) is 19.9 Å². The number of nitrogens with one attached hydrogen (secondary N) is 2. The second-order valence-electron chi connectivity index (χ2n) is 11.7. The Morgan fingerprint density at radius 3 is 1.57 bits per heavy atom. The predicted octanol–water partition coefficient (Wildman–Crippen LogP) is 10.0. The highest BCUT2D eigenvalue weighted by Crippen LogP contribution is 2.41. The van der Waals surface area contributed by atoms with Crippen molar-refractivity contribution in [3.63, 3.8) is 0 Å². The maximum atomic E-state index is 9.90. The van der Waals surface area contributed by atoms with E-state index in [9.17, 15) is 5.11 Å². The third kappa shape index (κ3) is 5.30. The highest BCUT2D eigenvalue weighted by molar-refractivity contribution is 5.98. The average molecular weight is 591 g/mol. The Bertz CT molecular complexity index is 1830. The Labute approximate surface area is 263 Å². The summed E-state index contributed by atoms with van der Waals surface area (Å²) in [7, 11) is 0. The van der Waals surface area contributed by atoms with Gasteiger partial charge in [0, 0.05) is 22.1 Å². The predicted molar refractivity (Wildman–Crippen MR) is 189 cm³/mol. The minimum absolute atomic E-state index is 0.0195. The lowest BCUT2D eigenvalue weighted by Crippen LogP contribution is -1.92. The molecule has 0 fully saturated rings. The lowest BCUT2D eigenvalue weighted by molar-refractivity contribution is 0.343. The van der Waals surface area contributed by atoms with Gasteiger partial charge < -0.3 is 15.1 Å². The minimum atomic E-state index is -0.0195. The maximum Gasteiger partial charge on any atom is 0.0765 e. The summed E-state index contributed by atoms with van der Waals surface area (Å²) in [5.74, 6) is 0. The van der Waals surface area contributed by atoms with Crippen LogP contribution in [0.3, 0.4) is 0 Å². The molecular formula is C39H50N4O. The van der Waals surface area contributed by atoms with Gasteiger partial charge in [-0.15, -0.1) is 0 Å². The van der Waals surface area contributed by atoms with E-state index >= 15 is 0 Å². The maximum absolute atomic E-state index is 9.90. The van der Waals surface area contributed by atoms with Crippen LogP contribution in [-0.2, 0) is 25.7 Å². The van der Waals surface area contributed by atoms with Gasteiger partial charge in [0.1, 0.15) is 0 Å². The van der Waals surface area contributed by atoms with Crippen LogP contribution >= 0.6 is 0 Å². The normalized spacial score (nSPS) is 13.7. The van der Waals surface area contributed by atoms with E-state index in [0.29, 0.717) is 0 Å². The molecule has 8 bridgehead atoms. The molecule has 5 heterocycles. The van der Waals surface area contributed by atoms with Crippen LogP contribution in [0.15, 0.2) is 24.3 Å². The van der Waals surface area contributed by atoms with E-state index in [4.69, 9.17) is 9.97 Å². The highest BCUT2D eigenvalue weighted by atomic mass is 16.2. The van der Waals surface area contributed by atoms with Gasteiger partial charge in [-0.05, 0) is 114 Å². The number of aromatic nitrogens is 4. The van der Waals surface area contributed by atoms with Crippen molar-refractivity contribution in [2.45, 2.75) is 107 Å². The molecule has 5 nitrogen and oxygen atoms in total. The van der Waals surface area contributed by atoms with Crippen molar-refractivity contribution in [2.24, 2.45) is 0 Å². The van der Waals surface area contributed by atoms with E-state index < -0.39 is 0 Å². The van der Waals surface area contributed by atoms with Gasteiger partial charge in [-0.25, -0.2) is 9.97 Å². The molecule has 5 heteroatoms. The third-order valence-corrected chi connectivity index (χ3v) is 9.54. The summed E-state index contributed by atoms with van der Waals surface area (Å²) in [5.41, 5.74) is 20.4. The van der Waals surface area contributed by atoms with E-state index in [2.05, 4.69) is 89.6 Å². The Morgan fingerprint density at radius 1 is 0.545 bits per heavy atom. The van der Waals surface area contributed by atoms with Crippen LogP contribution in [0.5, 0.6) is 0 Å². The Kier molecular flexibility index (Phi) is 9.75. The monoisotopic (exact) mass is 590 g/mol. The molecule has 0 radical (unpaired) electrons. The SMILES string of the molecule is CCC1=C(CC)c2cc3[nH]c(cc4[nH]c(c(/C=C/CO)c5nc(cc1n2)C(CC)=C5CC)c(CC)c4CC)c(CC)c3CC. The fraction of sp³-hybridized carbons (Fsp3) is 0.436. The summed E-state index contributed by atoms with van der Waals surface area (Å²) in [6.07, 6.45) is 11.3. The molecule has 3 aromatic heterocycles. The molecule has 2 aliphatic rings. The number of nitrogens with zero attached hydrogens (tertiary/aromatic N) is 2. The van der Waals surface area contributed by atoms with Gasteiger partial charge in [0.25, 0.3) is 0 Å². The second-order valence-corrected chi connectivity index (χ2v) is 11.7. The summed E-state index contributed by atoms with van der Waals surface area (Å²) in [6, 6.07) is 6.86. The Hall–Kier alpha value is -3.70. The van der Waals surface area contributed by atoms with E-state index in [1.54, 1.807) is 0 Å². The van der Waals surface area contributed by atoms with Crippen LogP contribution in [0.2, 0.25) is 0 Å². The largest absolute Gasteiger partial charge is 0.392 e. The van der Waals surface area contributed by atoms with E-state index in [1.165, 1.54) is 55.6 Å². The number of hydrogen-bond donors (Lipinski definition) is 3. The van der Waals surface area contributed by atoms with Crippen molar-refractivity contribution in [3.8, 4) is 0 Å². The van der Waals surface area contributed by atoms with Crippen molar-refractivity contribution in [2.75, 3.05) is 6.61 Å². The zero-order chi connectivity index (χ0) is 31.5. The van der Waals surface area contributed by atoms with Gasteiger partial charge in [-0.3, -0.25) is 0 Å². The van der Waals surface area contributed by atoms with Gasteiger partial charge in [-0.1, -0.05) is 67.5 Å². The van der Waals surface area contributed by atoms with Crippen molar-refractivity contribution in [1.29, 1.82) is 0 Å². The topological polar surface area (TPSA) is 77.6 Å². The molecule has 0 spiro atoms. The second kappa shape index (κ2) is 13.5. The number of rotatable bonds is 10. The summed E-state index contributed by atoms with van der Waals surface area (Å²) < 4.78 is 0. The van der Waals surface area contributed by atoms with E-state index in [0.717, 1.165) is 90.7 Å². The number of H-pyrrole nitrogens is 2. The molecule has 0 saturated heterocycles. The van der Waals surface area contributed by atoms with Crippen LogP contribution in [0, 0.1) is 0 Å². The number of fused-ring (bicyclic) bond motifs is 8. The van der Waals surface area contributed by atoms with Crippen LogP contribution in [0.25, 0.3) is 50.4 Å². The first-order valence-corrected chi connectivity index (χ1v) is 17.0. The smallest absolute Gasteiger partial charge is 0.0765 e. The first-order valence-electron chi connectivity index (χ1n) is 17.0. The zero-order valence-electron chi connectivity index (χ0n) is 28.1. The van der Waals surface area contributed by atoms with E-state index in [-0.39, 0.29) is 6.61 Å². The fourth-order valence-electron chi connectivity index (χ4n) is 7.56. The fourth-order valence-corrected chi connectivity index (χ4v) is 7.56. The molecule has 0 aromatic carbocycles. The number of aromatic amines is 2. The van der Waals surface area contributed by atoms with Crippen molar-refractivity contribution < 1.29 is 5.11 Å². The molecule has 3 aromatic rings. The molecule has 3 N–H and O–H groups in total. The quantitative estimate of drug-likeness (QED) is 0.220. The summed E-state index contributed by atoms with van der Waals surface area (Å²) in [4.78, 5) is 18.4. The van der Waals surface area contributed by atoms with Crippen LogP contribution in [0.1, 0.15) is 132 Å². The molecule has 2 aliphatic heterocycles. The first kappa shape index (κ1) is 31.7. The molecule has 0 unspecified atom stereocenters. The standard InChI is InChI=1S/C39H50N4O/c1-9-23-25(11-3)34-21-36-27(13-5)29(15-7)38(42-36)31(18-17-19-44)39-30(16-8)28(14-6)37(43-39)22-35-26(12-4)24(10-2)33(41-35)20-32(23)40-34/h17-18,20-22,40,42,44H,9-16,19H2,1-8H3/b18-17+,32-20?,33-20?,34-21?,35-22?,36-21?,37-22?,38-31?,39-31?. The molecule has 0 atom stereocenters. The summed E-state index contributed by atoms with van der Waals surface area (Å²) >= 11 is 0. The molecule has 0 saturated carbocycles. The van der Waals surface area contributed by atoms with Crippen LogP contribution in [0.4, 0.5) is 0 Å². The molecule has 232 valence electrons. The molecule has 44 heavy (non-hydrogen) atoms. The van der Waals surface area contributed by atoms with Gasteiger partial charge in [0.05, 0.1) is 34.9 Å². The van der Waals surface area contributed by atoms with Gasteiger partial charge in [-0.2, -0.15) is 0 Å². The molecular weight excluding hydrogens is 540 g/mol. The average Bonchev–Trinajstić information content (AvgIpc) is 3.76. The number of allylic oxidation sites excluding steroid dienone is 4. The highest BCUT2D eigenvalue weighted by Gasteiger charge is 2.24. The molecule has 0 aliphatic carbocycles. The van der Waals surface area contributed by atoms with Crippen molar-refractivity contribution >= 4 is 50.4 Å². The van der Waals surface area contributed by atoms with Crippen LogP contribution < -0.4 is 0 Å². The molecule has 5 rings (SSSR count). The summed E-state index contributed by atoms with van der Waals surface area (Å²) in [6.45, 7) is 17.9. The Balaban J connectivity index is 2.11. The van der Waals surface area contributed by atoms with E-state index in [1.807, 2.05) is 6.08 Å². The van der Waals surface area contributed by atoms with Gasteiger partial charge in [0.2, 0.25) is 0 Å². The Morgan fingerprint density at radius 2 is 1.02 bits per heavy atom. The lowest BCUT2D eigenvalue weighted by Gasteiger charge is -2.07. The third-order valence-electron chi connectivity index (χ3n) is 9.54. The lowest BCUT2D eigenvalue weighted by atomic mass is 9.95. The summed E-state index contributed by atoms with van der Waals surface area (Å²) in [5, 5.41) is 9.90. The number of aryl methyl sites for hydroxylation is 4. The zero-order valence-corrected chi connectivity index (χ0v) is 28.1. The number of aliphatic hydroxyl groups excluding tert-OH is 1. The van der Waals surface area contributed by atoms with Crippen molar-refractivity contribution in [3.05, 3.63) is 74.9 Å². The molecule has 0 amide bonds. The van der Waals surface area contributed by atoms with Gasteiger partial charge >= 0.3 is 0 Å². The number of hydrogen-bond acceptors (Lipinski definition) is 3. The first-order chi connectivity index (χ1) is 21.4. The van der Waals surface area contributed by atoms with Gasteiger partial charge in [0.15, 0.2) is 0 Å². The van der Waals surface area contributed by atoms with Crippen LogP contribution in [-0.4, -0.2) is 31.6 Å².